The molecule has 0 aliphatic heterocycles. The minimum atomic E-state index is 0.631. The molecular weight excluding hydrogens is 312 g/mol. The minimum absolute atomic E-state index is 0.631. The average molecular weight is 333 g/mol. The smallest absolute Gasteiger partial charge is 0.289 e. The number of hydrogen-bond acceptors (Lipinski definition) is 5. The van der Waals surface area contributed by atoms with Gasteiger partial charge in [-0.25, -0.2) is 0 Å². The SMILES string of the molecule is C=CC[n+]1nc(C)sc1/C=C/c1cc(OC)cc(OC)c1OC. The highest BCUT2D eigenvalue weighted by Crippen LogP contribution is 2.36. The second-order valence-electron chi connectivity index (χ2n) is 4.72. The normalized spacial score (nSPS) is 10.8. The van der Waals surface area contributed by atoms with Gasteiger partial charge in [-0.1, -0.05) is 11.3 Å². The molecule has 0 aliphatic carbocycles. The molecule has 5 nitrogen and oxygen atoms in total. The number of hydrogen-bond donors (Lipinski definition) is 0. The quantitative estimate of drug-likeness (QED) is 0.577. The maximum Gasteiger partial charge on any atom is 0.289 e. The van der Waals surface area contributed by atoms with Gasteiger partial charge in [0, 0.05) is 22.8 Å². The molecule has 0 amide bonds. The minimum Gasteiger partial charge on any atom is -0.497 e. The van der Waals surface area contributed by atoms with E-state index in [4.69, 9.17) is 14.2 Å². The Morgan fingerprint density at radius 1 is 1.17 bits per heavy atom. The van der Waals surface area contributed by atoms with Gasteiger partial charge in [-0.05, 0) is 36.5 Å². The lowest BCUT2D eigenvalue weighted by molar-refractivity contribution is -0.741. The van der Waals surface area contributed by atoms with Crippen LogP contribution in [0.1, 0.15) is 15.6 Å². The number of aromatic nitrogens is 2. The zero-order valence-corrected chi connectivity index (χ0v) is 14.6. The molecule has 0 spiro atoms. The molecular formula is C17H21N2O3S+. The number of methoxy groups -OCH3 is 3. The largest absolute Gasteiger partial charge is 0.497 e. The van der Waals surface area contributed by atoms with E-state index in [1.54, 1.807) is 38.7 Å². The van der Waals surface area contributed by atoms with Crippen molar-refractivity contribution < 1.29 is 18.9 Å². The van der Waals surface area contributed by atoms with Crippen LogP contribution in [-0.2, 0) is 6.54 Å². The third-order valence-corrected chi connectivity index (χ3v) is 4.13. The van der Waals surface area contributed by atoms with Gasteiger partial charge in [0.2, 0.25) is 0 Å². The maximum atomic E-state index is 5.47. The van der Waals surface area contributed by atoms with Gasteiger partial charge in [0.1, 0.15) is 5.75 Å². The van der Waals surface area contributed by atoms with E-state index in [0.717, 1.165) is 15.6 Å². The van der Waals surface area contributed by atoms with Crippen LogP contribution in [0.2, 0.25) is 0 Å². The van der Waals surface area contributed by atoms with Crippen molar-refractivity contribution in [1.29, 1.82) is 0 Å². The molecule has 0 atom stereocenters. The summed E-state index contributed by atoms with van der Waals surface area (Å²) in [6.45, 7) is 6.42. The summed E-state index contributed by atoms with van der Waals surface area (Å²) in [4.78, 5) is 0. The van der Waals surface area contributed by atoms with Gasteiger partial charge in [-0.2, -0.15) is 0 Å². The van der Waals surface area contributed by atoms with E-state index in [0.29, 0.717) is 23.8 Å². The summed E-state index contributed by atoms with van der Waals surface area (Å²) in [6.07, 6.45) is 5.80. The molecule has 23 heavy (non-hydrogen) atoms. The van der Waals surface area contributed by atoms with Crippen LogP contribution in [0.4, 0.5) is 0 Å². The lowest BCUT2D eigenvalue weighted by atomic mass is 10.1. The first-order valence-corrected chi connectivity index (χ1v) is 7.91. The van der Waals surface area contributed by atoms with Gasteiger partial charge in [0.05, 0.1) is 21.3 Å². The molecule has 1 heterocycles. The van der Waals surface area contributed by atoms with E-state index in [1.165, 1.54) is 0 Å². The van der Waals surface area contributed by atoms with E-state index >= 15 is 0 Å². The molecule has 0 aliphatic rings. The van der Waals surface area contributed by atoms with Crippen LogP contribution in [0.25, 0.3) is 12.2 Å². The molecule has 0 bridgehead atoms. The van der Waals surface area contributed by atoms with Crippen LogP contribution < -0.4 is 18.9 Å². The Kier molecular flexibility index (Phi) is 5.76. The summed E-state index contributed by atoms with van der Waals surface area (Å²) in [5.74, 6) is 2.01. The van der Waals surface area contributed by atoms with E-state index in [9.17, 15) is 0 Å². The molecule has 2 rings (SSSR count). The Morgan fingerprint density at radius 3 is 2.57 bits per heavy atom. The first-order valence-electron chi connectivity index (χ1n) is 7.09. The Bertz CT molecular complexity index is 723. The summed E-state index contributed by atoms with van der Waals surface area (Å²) in [6, 6.07) is 3.70. The Hall–Kier alpha value is -2.34. The van der Waals surface area contributed by atoms with Gasteiger partial charge < -0.3 is 14.2 Å². The standard InChI is InChI=1S/C17H21N2O3S/c1-6-9-19-16(23-12(2)18-19)8-7-13-10-14(20-3)11-15(21-4)17(13)22-5/h6-8,10-11H,1,9H2,2-5H3/q+1/b8-7+. The summed E-state index contributed by atoms with van der Waals surface area (Å²) in [5, 5.41) is 6.49. The van der Waals surface area contributed by atoms with Crippen molar-refractivity contribution in [2.75, 3.05) is 21.3 Å². The third-order valence-electron chi connectivity index (χ3n) is 3.19. The fraction of sp³-hybridized carbons (Fsp3) is 0.294. The summed E-state index contributed by atoms with van der Waals surface area (Å²) >= 11 is 1.62. The van der Waals surface area contributed by atoms with Crippen molar-refractivity contribution >= 4 is 23.5 Å². The molecule has 1 aromatic carbocycles. The number of ether oxygens (including phenoxy) is 3. The van der Waals surface area contributed by atoms with Gasteiger partial charge in [-0.15, -0.1) is 0 Å². The zero-order valence-electron chi connectivity index (χ0n) is 13.8. The topological polar surface area (TPSA) is 44.5 Å². The van der Waals surface area contributed by atoms with Crippen LogP contribution in [0.5, 0.6) is 17.2 Å². The number of aryl methyl sites for hydroxylation is 1. The van der Waals surface area contributed by atoms with Gasteiger partial charge in [0.25, 0.3) is 5.01 Å². The summed E-state index contributed by atoms with van der Waals surface area (Å²) in [5.41, 5.74) is 0.875. The van der Waals surface area contributed by atoms with Gasteiger partial charge in [0.15, 0.2) is 23.1 Å². The summed E-state index contributed by atoms with van der Waals surface area (Å²) in [7, 11) is 4.85. The highest BCUT2D eigenvalue weighted by Gasteiger charge is 2.15. The van der Waals surface area contributed by atoms with Crippen LogP contribution in [-0.4, -0.2) is 26.4 Å². The summed E-state index contributed by atoms with van der Waals surface area (Å²) < 4.78 is 18.1. The molecule has 2 aromatic rings. The molecule has 0 fully saturated rings. The van der Waals surface area contributed by atoms with Crippen LogP contribution in [0.15, 0.2) is 24.8 Å². The second kappa shape index (κ2) is 7.78. The monoisotopic (exact) mass is 333 g/mol. The highest BCUT2D eigenvalue weighted by molar-refractivity contribution is 7.11. The molecule has 0 N–H and O–H groups in total. The number of benzene rings is 1. The molecule has 0 saturated heterocycles. The van der Waals surface area contributed by atoms with E-state index in [1.807, 2.05) is 35.9 Å². The molecule has 0 radical (unpaired) electrons. The lowest BCUT2D eigenvalue weighted by Crippen LogP contribution is -2.37. The predicted octanol–water partition coefficient (Wildman–Crippen LogP) is 3.12. The molecule has 6 heteroatoms. The second-order valence-corrected chi connectivity index (χ2v) is 5.93. The maximum absolute atomic E-state index is 5.47. The highest BCUT2D eigenvalue weighted by atomic mass is 32.1. The van der Waals surface area contributed by atoms with Crippen molar-refractivity contribution in [2.24, 2.45) is 0 Å². The van der Waals surface area contributed by atoms with Crippen LogP contribution >= 0.6 is 11.3 Å². The number of nitrogens with zero attached hydrogens (tertiary/aromatic N) is 2. The van der Waals surface area contributed by atoms with Crippen LogP contribution in [0, 0.1) is 6.92 Å². The van der Waals surface area contributed by atoms with Gasteiger partial charge >= 0.3 is 0 Å². The van der Waals surface area contributed by atoms with Gasteiger partial charge in [-0.3, -0.25) is 0 Å². The van der Waals surface area contributed by atoms with E-state index in [2.05, 4.69) is 11.7 Å². The van der Waals surface area contributed by atoms with Crippen molar-refractivity contribution in [3.63, 3.8) is 0 Å². The van der Waals surface area contributed by atoms with Crippen LogP contribution in [0.3, 0.4) is 0 Å². The molecule has 0 saturated carbocycles. The third kappa shape index (κ3) is 3.90. The van der Waals surface area contributed by atoms with Crippen molar-refractivity contribution in [2.45, 2.75) is 13.5 Å². The van der Waals surface area contributed by atoms with Crippen molar-refractivity contribution in [3.8, 4) is 17.2 Å². The molecule has 0 unspecified atom stereocenters. The fourth-order valence-electron chi connectivity index (χ4n) is 2.19. The first-order chi connectivity index (χ1) is 11.1. The Balaban J connectivity index is 2.44. The molecule has 1 aromatic heterocycles. The Morgan fingerprint density at radius 2 is 1.96 bits per heavy atom. The van der Waals surface area contributed by atoms with Crippen molar-refractivity contribution in [1.82, 2.24) is 5.10 Å². The predicted molar refractivity (Wildman–Crippen MR) is 92.3 cm³/mol. The van der Waals surface area contributed by atoms with E-state index < -0.39 is 0 Å². The number of allylic oxidation sites excluding steroid dienone is 1. The Labute approximate surface area is 140 Å². The lowest BCUT2D eigenvalue weighted by Gasteiger charge is -2.12. The fourth-order valence-corrected chi connectivity index (χ4v) is 2.99. The average Bonchev–Trinajstić information content (AvgIpc) is 2.91. The number of rotatable bonds is 7. The van der Waals surface area contributed by atoms with Crippen molar-refractivity contribution in [3.05, 3.63) is 40.4 Å². The first kappa shape index (κ1) is 17.0. The zero-order chi connectivity index (χ0) is 16.8. The van der Waals surface area contributed by atoms with E-state index in [-0.39, 0.29) is 0 Å². The molecule has 122 valence electrons.